The van der Waals surface area contributed by atoms with Crippen molar-refractivity contribution in [2.45, 2.75) is 151 Å². The minimum atomic E-state index is -3.70. The van der Waals surface area contributed by atoms with Gasteiger partial charge in [0.25, 0.3) is 20.4 Å². The van der Waals surface area contributed by atoms with Crippen molar-refractivity contribution < 1.29 is 67.7 Å². The van der Waals surface area contributed by atoms with E-state index in [9.17, 15) is 48.8 Å². The molecule has 11 atom stereocenters. The van der Waals surface area contributed by atoms with Gasteiger partial charge in [-0.25, -0.2) is 27.2 Å². The number of carbonyl (C=O) groups excluding carboxylic acids is 3. The van der Waals surface area contributed by atoms with Crippen molar-refractivity contribution in [2.24, 2.45) is 11.8 Å². The number of methoxy groups -OCH3 is 3. The Morgan fingerprint density at radius 3 is 1.73 bits per heavy atom. The highest BCUT2D eigenvalue weighted by Crippen LogP contribution is 2.63. The summed E-state index contributed by atoms with van der Waals surface area (Å²) in [5, 5.41) is 0. The highest BCUT2D eigenvalue weighted by Gasteiger charge is 2.59. The maximum atomic E-state index is 13.7. The van der Waals surface area contributed by atoms with Crippen LogP contribution in [0, 0.1) is 35.1 Å². The van der Waals surface area contributed by atoms with E-state index in [0.29, 0.717) is 49.3 Å². The summed E-state index contributed by atoms with van der Waals surface area (Å²) in [5.74, 6) is -0.558. The van der Waals surface area contributed by atoms with Gasteiger partial charge in [0.1, 0.15) is 34.8 Å². The molecule has 2 heterocycles. The Balaban J connectivity index is 0.000000180. The number of hydrogen-bond acceptors (Lipinski definition) is 11. The van der Waals surface area contributed by atoms with Crippen molar-refractivity contribution in [3.05, 3.63) is 101 Å². The molecule has 0 radical (unpaired) electrons. The number of carbonyl (C=O) groups is 3. The van der Waals surface area contributed by atoms with E-state index < -0.39 is 68.0 Å². The molecule has 6 aliphatic rings. The predicted octanol–water partition coefficient (Wildman–Crippen LogP) is 8.07. The normalized spacial score (nSPS) is 29.2. The molecular weight excluding hydrogens is 1060 g/mol. The predicted molar refractivity (Wildman–Crippen MR) is 284 cm³/mol. The summed E-state index contributed by atoms with van der Waals surface area (Å²) in [5.41, 5.74) is 2.02. The number of nitrogens with zero attached hydrogens (tertiary/aromatic N) is 5. The van der Waals surface area contributed by atoms with Crippen LogP contribution in [0.1, 0.15) is 108 Å². The average Bonchev–Trinajstić information content (AvgIpc) is 4.44. The van der Waals surface area contributed by atoms with E-state index in [2.05, 4.69) is 4.72 Å². The lowest BCUT2D eigenvalue weighted by atomic mass is 9.81. The molecule has 432 valence electrons. The summed E-state index contributed by atoms with van der Waals surface area (Å²) in [6.45, 7) is 6.12. The maximum absolute atomic E-state index is 13.7. The molecule has 2 amide bonds. The number of halogens is 4. The molecule has 0 spiro atoms. The lowest BCUT2D eigenvalue weighted by Crippen LogP contribution is -2.52. The smallest absolute Gasteiger partial charge is 0.410 e. The van der Waals surface area contributed by atoms with E-state index in [1.165, 1.54) is 75.3 Å². The number of hydrogen-bond donors (Lipinski definition) is 1. The molecule has 2 saturated heterocycles. The zero-order chi connectivity index (χ0) is 57.2. The quantitative estimate of drug-likeness (QED) is 0.145. The molecule has 3 aromatic rings. The van der Waals surface area contributed by atoms with E-state index in [-0.39, 0.29) is 66.0 Å². The van der Waals surface area contributed by atoms with Gasteiger partial charge in [-0.1, -0.05) is 19.1 Å². The van der Waals surface area contributed by atoms with E-state index in [1.54, 1.807) is 16.9 Å². The van der Waals surface area contributed by atoms with Crippen molar-refractivity contribution in [1.82, 2.24) is 27.4 Å². The monoisotopic (exact) mass is 1140 g/mol. The fourth-order valence-corrected chi connectivity index (χ4v) is 14.8. The number of nitrogens with one attached hydrogen (secondary N) is 1. The number of amides is 2. The lowest BCUT2D eigenvalue weighted by molar-refractivity contribution is -0.120. The standard InChI is InChI=1S/C23H33F2N3O5S.C19H31N3O5S.C13H12F2O/c1-14-7-20(26-34(30,31)27(2)3)21(28(14)22(29)32-4)13-33-19-5-6-23(12-16(23)10-19)15-8-17(24)11-18(25)9-15;1-7-17-18(12-14(2)22(17)19(23)27-6)21(28(24,25)20(3)4)13-15-8-10-16(26-5)11-9-15;14-10-3-8(4-11(15)6-10)13-2-1-12(16)5-9(13)7-13/h8-9,11,14,16,19-21,26H,5-7,10,12-13H2,1-4H3;8-11,14,17-18H,7,12-13H2,1-6H3;3-4,6,9H,1-2,5,7H2/t14-,16?,19?,20+,21+,23?;14-,17+,18+;/m11./s1. The van der Waals surface area contributed by atoms with Gasteiger partial charge in [-0.05, 0) is 147 Å². The third kappa shape index (κ3) is 13.1. The van der Waals surface area contributed by atoms with E-state index in [4.69, 9.17) is 18.9 Å². The molecule has 4 aliphatic carbocycles. The van der Waals surface area contributed by atoms with E-state index in [0.717, 1.165) is 66.1 Å². The molecule has 3 aromatic carbocycles. The number of fused-ring (bicyclic) bond motifs is 2. The summed E-state index contributed by atoms with van der Waals surface area (Å²) in [6, 6.07) is 12.9. The van der Waals surface area contributed by atoms with Crippen LogP contribution in [0.4, 0.5) is 27.2 Å². The number of Topliss-reactive ketones (excluding diaryl/α,β-unsaturated/α-hetero) is 1. The summed E-state index contributed by atoms with van der Waals surface area (Å²) in [4.78, 5) is 39.2. The van der Waals surface area contributed by atoms with Gasteiger partial charge in [0.2, 0.25) is 0 Å². The molecule has 2 aliphatic heterocycles. The second-order valence-electron chi connectivity index (χ2n) is 22.1. The zero-order valence-corrected chi connectivity index (χ0v) is 47.9. The van der Waals surface area contributed by atoms with Crippen molar-refractivity contribution in [1.29, 1.82) is 0 Å². The number of likely N-dealkylation sites (tertiary alicyclic amines) is 2. The molecule has 4 saturated carbocycles. The Morgan fingerprint density at radius 1 is 0.718 bits per heavy atom. The van der Waals surface area contributed by atoms with E-state index >= 15 is 0 Å². The van der Waals surface area contributed by atoms with Gasteiger partial charge in [0.15, 0.2) is 0 Å². The number of rotatable bonds is 15. The summed E-state index contributed by atoms with van der Waals surface area (Å²) in [6.07, 6.45) is 6.52. The van der Waals surface area contributed by atoms with Gasteiger partial charge < -0.3 is 23.8 Å². The summed E-state index contributed by atoms with van der Waals surface area (Å²) >= 11 is 0. The molecule has 78 heavy (non-hydrogen) atoms. The molecule has 0 bridgehead atoms. The van der Waals surface area contributed by atoms with Crippen molar-refractivity contribution in [3.63, 3.8) is 0 Å². The van der Waals surface area contributed by atoms with Crippen LogP contribution in [-0.2, 0) is 56.8 Å². The van der Waals surface area contributed by atoms with E-state index in [1.807, 2.05) is 45.0 Å². The number of benzene rings is 3. The Morgan fingerprint density at radius 2 is 1.24 bits per heavy atom. The van der Waals surface area contributed by atoms with Crippen molar-refractivity contribution in [3.8, 4) is 5.75 Å². The summed E-state index contributed by atoms with van der Waals surface area (Å²) in [7, 11) is 2.77. The SMILES string of the molecule is CC[C@H]1[C@@H](N(Cc2ccc(OC)cc2)S(=O)(=O)N(C)C)C[C@@H](C)N1C(=O)OC.COC(=O)N1[C@H](C)C[C@H](NS(=O)(=O)N(C)C)[C@@H]1COC1CCC2(c3cc(F)cc(F)c3)CC2C1.O=C1CCC2(c3cc(F)cc(F)c3)CC2C1. The van der Waals surface area contributed by atoms with Crippen molar-refractivity contribution in [2.75, 3.05) is 56.1 Å². The van der Waals surface area contributed by atoms with Crippen LogP contribution in [0.5, 0.6) is 5.75 Å². The second kappa shape index (κ2) is 24.4. The molecule has 6 fully saturated rings. The summed E-state index contributed by atoms with van der Waals surface area (Å²) < 4.78 is 133. The van der Waals surface area contributed by atoms with Crippen molar-refractivity contribution >= 4 is 38.4 Å². The largest absolute Gasteiger partial charge is 0.497 e. The van der Waals surface area contributed by atoms with Crippen LogP contribution in [0.15, 0.2) is 60.7 Å². The Kier molecular flexibility index (Phi) is 19.0. The highest BCUT2D eigenvalue weighted by atomic mass is 32.2. The minimum Gasteiger partial charge on any atom is -0.497 e. The first-order valence-corrected chi connectivity index (χ1v) is 29.4. The first kappa shape index (κ1) is 60.7. The maximum Gasteiger partial charge on any atom is 0.410 e. The highest BCUT2D eigenvalue weighted by molar-refractivity contribution is 7.87. The second-order valence-corrected chi connectivity index (χ2v) is 26.1. The average molecular weight is 1140 g/mol. The zero-order valence-electron chi connectivity index (χ0n) is 46.2. The molecule has 17 nitrogen and oxygen atoms in total. The van der Waals surface area contributed by atoms with Gasteiger partial charge in [-0.2, -0.15) is 34.5 Å². The fourth-order valence-electron chi connectivity index (χ4n) is 12.6. The third-order valence-electron chi connectivity index (χ3n) is 17.0. The van der Waals surface area contributed by atoms with Crippen LogP contribution in [0.25, 0.3) is 0 Å². The van der Waals surface area contributed by atoms with Crippen LogP contribution in [0.3, 0.4) is 0 Å². The first-order valence-electron chi connectivity index (χ1n) is 26.5. The first-order chi connectivity index (χ1) is 36.7. The minimum absolute atomic E-state index is 0.0689. The van der Waals surface area contributed by atoms with Crippen LogP contribution < -0.4 is 9.46 Å². The van der Waals surface area contributed by atoms with Crippen LogP contribution in [-0.4, -0.2) is 156 Å². The Labute approximate surface area is 457 Å². The van der Waals surface area contributed by atoms with Gasteiger partial charge in [0, 0.05) is 83.9 Å². The topological polar surface area (TPSA) is 185 Å². The molecule has 23 heteroatoms. The van der Waals surface area contributed by atoms with Gasteiger partial charge in [0.05, 0.1) is 46.1 Å². The van der Waals surface area contributed by atoms with Crippen LogP contribution >= 0.6 is 0 Å². The number of ketones is 1. The lowest BCUT2D eigenvalue weighted by Gasteiger charge is -2.35. The molecule has 9 rings (SSSR count). The van der Waals surface area contributed by atoms with Gasteiger partial charge in [-0.3, -0.25) is 9.69 Å². The molecule has 5 unspecified atom stereocenters. The number of ether oxygens (including phenoxy) is 4. The van der Waals surface area contributed by atoms with Gasteiger partial charge in [-0.15, -0.1) is 0 Å². The molecular formula is C55H76F4N6O11S2. The molecule has 0 aromatic heterocycles. The fraction of sp³-hybridized carbons (Fsp3) is 0.618. The molecule has 1 N–H and O–H groups in total. The van der Waals surface area contributed by atoms with Crippen LogP contribution in [0.2, 0.25) is 0 Å². The van der Waals surface area contributed by atoms with Gasteiger partial charge >= 0.3 is 12.2 Å². The Hall–Kier alpha value is -4.91. The Bertz CT molecular complexity index is 2830. The third-order valence-corrected chi connectivity index (χ3v) is 20.4.